The van der Waals surface area contributed by atoms with E-state index in [-0.39, 0.29) is 18.4 Å². The summed E-state index contributed by atoms with van der Waals surface area (Å²) in [7, 11) is 0. The van der Waals surface area contributed by atoms with Gasteiger partial charge in [0.2, 0.25) is 0 Å². The van der Waals surface area contributed by atoms with Gasteiger partial charge >= 0.3 is 0 Å². The molecule has 64 valence electrons. The first kappa shape index (κ1) is 10.5. The Morgan fingerprint density at radius 3 is 2.27 bits per heavy atom. The van der Waals surface area contributed by atoms with Crippen molar-refractivity contribution in [1.82, 2.24) is 0 Å². The first-order valence-electron chi connectivity index (χ1n) is 3.85. The summed E-state index contributed by atoms with van der Waals surface area (Å²) in [5.41, 5.74) is 0. The van der Waals surface area contributed by atoms with Gasteiger partial charge in [-0.2, -0.15) is 0 Å². The Morgan fingerprint density at radius 2 is 1.91 bits per heavy atom. The first-order valence-corrected chi connectivity index (χ1v) is 3.85. The Hall–Kier alpha value is -0.520. The van der Waals surface area contributed by atoms with Crippen LogP contribution in [0.15, 0.2) is 0 Å². The summed E-state index contributed by atoms with van der Waals surface area (Å²) < 4.78 is 0. The second-order valence-electron chi connectivity index (χ2n) is 3.04. The van der Waals surface area contributed by atoms with E-state index in [1.54, 1.807) is 6.92 Å². The van der Waals surface area contributed by atoms with Crippen LogP contribution < -0.4 is 0 Å². The van der Waals surface area contributed by atoms with Crippen molar-refractivity contribution in [3.8, 4) is 12.3 Å². The molecule has 2 nitrogen and oxygen atoms in total. The highest BCUT2D eigenvalue weighted by Gasteiger charge is 2.19. The highest BCUT2D eigenvalue weighted by molar-refractivity contribution is 4.88. The number of rotatable bonds is 4. The summed E-state index contributed by atoms with van der Waals surface area (Å²) in [5.74, 6) is 2.47. The smallest absolute Gasteiger partial charge is 0.0622 e. The second-order valence-corrected chi connectivity index (χ2v) is 3.04. The minimum Gasteiger partial charge on any atom is -0.396 e. The topological polar surface area (TPSA) is 40.5 Å². The minimum atomic E-state index is -0.490. The summed E-state index contributed by atoms with van der Waals surface area (Å²) in [5, 5.41) is 18.2. The van der Waals surface area contributed by atoms with Crippen molar-refractivity contribution in [2.75, 3.05) is 6.61 Å². The van der Waals surface area contributed by atoms with E-state index in [4.69, 9.17) is 11.5 Å². The fourth-order valence-corrected chi connectivity index (χ4v) is 0.975. The molecule has 0 heterocycles. The van der Waals surface area contributed by atoms with Crippen molar-refractivity contribution < 1.29 is 10.2 Å². The standard InChI is InChI=1S/C9H16O2/c1-4-5-7(2)9(11)8(3)6-10/h1,7-11H,5-6H2,2-3H3/t7-,8+,9-/m0/s1. The molecule has 0 aliphatic carbocycles. The van der Waals surface area contributed by atoms with Crippen LogP contribution >= 0.6 is 0 Å². The first-order chi connectivity index (χ1) is 5.13. The van der Waals surface area contributed by atoms with Crippen molar-refractivity contribution in [2.24, 2.45) is 11.8 Å². The van der Waals surface area contributed by atoms with E-state index < -0.39 is 6.10 Å². The van der Waals surface area contributed by atoms with Crippen LogP contribution in [-0.2, 0) is 0 Å². The molecular weight excluding hydrogens is 140 g/mol. The molecule has 0 fully saturated rings. The number of aliphatic hydroxyl groups is 2. The monoisotopic (exact) mass is 156 g/mol. The van der Waals surface area contributed by atoms with Gasteiger partial charge < -0.3 is 10.2 Å². The van der Waals surface area contributed by atoms with E-state index in [0.29, 0.717) is 6.42 Å². The van der Waals surface area contributed by atoms with Crippen LogP contribution in [0.2, 0.25) is 0 Å². The highest BCUT2D eigenvalue weighted by Crippen LogP contribution is 2.14. The van der Waals surface area contributed by atoms with Crippen LogP contribution in [0, 0.1) is 24.2 Å². The molecule has 0 aliphatic heterocycles. The van der Waals surface area contributed by atoms with E-state index in [9.17, 15) is 5.11 Å². The molecule has 0 aliphatic rings. The van der Waals surface area contributed by atoms with Crippen LogP contribution in [0.5, 0.6) is 0 Å². The Morgan fingerprint density at radius 1 is 1.36 bits per heavy atom. The fourth-order valence-electron chi connectivity index (χ4n) is 0.975. The van der Waals surface area contributed by atoms with Gasteiger partial charge in [0.25, 0.3) is 0 Å². The quantitative estimate of drug-likeness (QED) is 0.586. The van der Waals surface area contributed by atoms with Crippen molar-refractivity contribution >= 4 is 0 Å². The Labute approximate surface area is 68.2 Å². The maximum Gasteiger partial charge on any atom is 0.0622 e. The van der Waals surface area contributed by atoms with Gasteiger partial charge in [0.05, 0.1) is 6.10 Å². The van der Waals surface area contributed by atoms with Gasteiger partial charge in [-0.3, -0.25) is 0 Å². The molecule has 2 heteroatoms. The molecule has 0 unspecified atom stereocenters. The van der Waals surface area contributed by atoms with Gasteiger partial charge in [-0.25, -0.2) is 0 Å². The van der Waals surface area contributed by atoms with Crippen molar-refractivity contribution in [1.29, 1.82) is 0 Å². The molecule has 0 radical (unpaired) electrons. The Bertz CT molecular complexity index is 137. The van der Waals surface area contributed by atoms with Crippen LogP contribution in [-0.4, -0.2) is 22.9 Å². The predicted octanol–water partition coefficient (Wildman–Crippen LogP) is 0.635. The van der Waals surface area contributed by atoms with E-state index in [0.717, 1.165) is 0 Å². The lowest BCUT2D eigenvalue weighted by molar-refractivity contribution is 0.0384. The summed E-state index contributed by atoms with van der Waals surface area (Å²) in [4.78, 5) is 0. The van der Waals surface area contributed by atoms with Crippen LogP contribution in [0.25, 0.3) is 0 Å². The average Bonchev–Trinajstić information content (AvgIpc) is 2.02. The maximum absolute atomic E-state index is 9.46. The van der Waals surface area contributed by atoms with Gasteiger partial charge in [0.15, 0.2) is 0 Å². The fraction of sp³-hybridized carbons (Fsp3) is 0.778. The Balaban J connectivity index is 3.82. The molecule has 2 N–H and O–H groups in total. The lowest BCUT2D eigenvalue weighted by Crippen LogP contribution is -2.27. The number of hydrogen-bond donors (Lipinski definition) is 2. The van der Waals surface area contributed by atoms with E-state index in [2.05, 4.69) is 5.92 Å². The number of hydrogen-bond acceptors (Lipinski definition) is 2. The molecule has 0 saturated heterocycles. The molecule has 0 aromatic heterocycles. The van der Waals surface area contributed by atoms with Gasteiger partial charge in [-0.15, -0.1) is 12.3 Å². The van der Waals surface area contributed by atoms with Gasteiger partial charge in [-0.05, 0) is 5.92 Å². The third kappa shape index (κ3) is 3.41. The van der Waals surface area contributed by atoms with Gasteiger partial charge in [0.1, 0.15) is 0 Å². The number of aliphatic hydroxyl groups excluding tert-OH is 2. The molecule has 0 spiro atoms. The SMILES string of the molecule is C#CC[C@H](C)[C@H](O)[C@H](C)CO. The van der Waals surface area contributed by atoms with Crippen LogP contribution in [0.1, 0.15) is 20.3 Å². The minimum absolute atomic E-state index is 0.01000. The molecular formula is C9H16O2. The van der Waals surface area contributed by atoms with Crippen molar-refractivity contribution in [3.63, 3.8) is 0 Å². The summed E-state index contributed by atoms with van der Waals surface area (Å²) in [6, 6.07) is 0. The molecule has 11 heavy (non-hydrogen) atoms. The van der Waals surface area contributed by atoms with Crippen LogP contribution in [0.3, 0.4) is 0 Å². The molecule has 0 aromatic carbocycles. The molecule has 0 bridgehead atoms. The van der Waals surface area contributed by atoms with Gasteiger partial charge in [0, 0.05) is 18.9 Å². The molecule has 0 aromatic rings. The number of terminal acetylenes is 1. The third-order valence-corrected chi connectivity index (χ3v) is 1.89. The normalized spacial score (nSPS) is 18.5. The van der Waals surface area contributed by atoms with E-state index in [1.807, 2.05) is 6.92 Å². The summed E-state index contributed by atoms with van der Waals surface area (Å²) >= 11 is 0. The predicted molar refractivity (Wildman–Crippen MR) is 44.9 cm³/mol. The Kier molecular flexibility index (Phi) is 4.93. The summed E-state index contributed by atoms with van der Waals surface area (Å²) in [6.45, 7) is 3.70. The van der Waals surface area contributed by atoms with Crippen molar-refractivity contribution in [3.05, 3.63) is 0 Å². The van der Waals surface area contributed by atoms with Crippen molar-refractivity contribution in [2.45, 2.75) is 26.4 Å². The third-order valence-electron chi connectivity index (χ3n) is 1.89. The average molecular weight is 156 g/mol. The van der Waals surface area contributed by atoms with Gasteiger partial charge in [-0.1, -0.05) is 13.8 Å². The van der Waals surface area contributed by atoms with E-state index in [1.165, 1.54) is 0 Å². The van der Waals surface area contributed by atoms with Crippen LogP contribution in [0.4, 0.5) is 0 Å². The maximum atomic E-state index is 9.46. The zero-order chi connectivity index (χ0) is 8.85. The largest absolute Gasteiger partial charge is 0.396 e. The second kappa shape index (κ2) is 5.17. The zero-order valence-corrected chi connectivity index (χ0v) is 7.12. The summed E-state index contributed by atoms with van der Waals surface area (Å²) in [6.07, 6.45) is 5.16. The zero-order valence-electron chi connectivity index (χ0n) is 7.12. The molecule has 3 atom stereocenters. The van der Waals surface area contributed by atoms with E-state index >= 15 is 0 Å². The lowest BCUT2D eigenvalue weighted by atomic mass is 9.92. The lowest BCUT2D eigenvalue weighted by Gasteiger charge is -2.21. The highest BCUT2D eigenvalue weighted by atomic mass is 16.3. The molecule has 0 saturated carbocycles. The molecule has 0 amide bonds. The molecule has 0 rings (SSSR count).